The van der Waals surface area contributed by atoms with Gasteiger partial charge < -0.3 is 20.3 Å². The van der Waals surface area contributed by atoms with Crippen molar-refractivity contribution in [1.82, 2.24) is 9.97 Å². The second-order valence-electron chi connectivity index (χ2n) is 7.01. The molecule has 2 aromatic carbocycles. The third kappa shape index (κ3) is 7.29. The summed E-state index contributed by atoms with van der Waals surface area (Å²) in [4.78, 5) is 28.5. The van der Waals surface area contributed by atoms with E-state index in [2.05, 4.69) is 15.3 Å². The smallest absolute Gasteiger partial charge is 0.478 e. The monoisotopic (exact) mass is 497 g/mol. The van der Waals surface area contributed by atoms with Crippen molar-refractivity contribution in [1.29, 1.82) is 0 Å². The van der Waals surface area contributed by atoms with Gasteiger partial charge in [-0.1, -0.05) is 18.2 Å². The Kier molecular flexibility index (Phi) is 8.18. The third-order valence-corrected chi connectivity index (χ3v) is 4.46. The molecule has 0 fully saturated rings. The lowest BCUT2D eigenvalue weighted by Crippen LogP contribution is -2.21. The lowest BCUT2D eigenvalue weighted by Gasteiger charge is -2.11. The number of nitrogens with one attached hydrogen (secondary N) is 1. The van der Waals surface area contributed by atoms with E-state index in [-0.39, 0.29) is 5.56 Å². The number of carboxylic acid groups (broad SMARTS) is 2. The molecule has 11 heteroatoms. The molecule has 0 amide bonds. The van der Waals surface area contributed by atoms with Gasteiger partial charge in [0, 0.05) is 23.6 Å². The summed E-state index contributed by atoms with van der Waals surface area (Å²) >= 11 is 0. The highest BCUT2D eigenvalue weighted by atomic mass is 19.4. The Hall–Kier alpha value is -4.93. The number of pyridine rings is 2. The van der Waals surface area contributed by atoms with E-state index >= 15 is 0 Å². The third-order valence-electron chi connectivity index (χ3n) is 4.46. The highest BCUT2D eigenvalue weighted by Gasteiger charge is 2.38. The number of hydrogen-bond donors (Lipinski definition) is 3. The van der Waals surface area contributed by atoms with Crippen LogP contribution in [0.25, 0.3) is 11.1 Å². The molecule has 0 unspecified atom stereocenters. The van der Waals surface area contributed by atoms with Gasteiger partial charge in [-0.2, -0.15) is 13.2 Å². The summed E-state index contributed by atoms with van der Waals surface area (Å²) in [5, 5.41) is 19.4. The first kappa shape index (κ1) is 25.7. The van der Waals surface area contributed by atoms with E-state index in [1.54, 1.807) is 36.7 Å². The molecule has 0 saturated carbocycles. The molecule has 184 valence electrons. The molecule has 0 aliphatic heterocycles. The van der Waals surface area contributed by atoms with E-state index in [1.165, 1.54) is 0 Å². The van der Waals surface area contributed by atoms with Crippen LogP contribution in [0.2, 0.25) is 0 Å². The number of hydrogen-bond acceptors (Lipinski definition) is 6. The van der Waals surface area contributed by atoms with Gasteiger partial charge in [0.15, 0.2) is 0 Å². The second-order valence-corrected chi connectivity index (χ2v) is 7.01. The molecular formula is C25H18F3N3O5. The molecule has 0 radical (unpaired) electrons. The number of aromatic carboxylic acids is 1. The number of rotatable bonds is 6. The van der Waals surface area contributed by atoms with Crippen molar-refractivity contribution in [3.63, 3.8) is 0 Å². The van der Waals surface area contributed by atoms with E-state index in [1.807, 2.05) is 54.6 Å². The summed E-state index contributed by atoms with van der Waals surface area (Å²) in [5.74, 6) is -1.87. The van der Waals surface area contributed by atoms with E-state index in [4.69, 9.17) is 19.7 Å². The van der Waals surface area contributed by atoms with Crippen LogP contribution in [-0.2, 0) is 4.79 Å². The zero-order valence-electron chi connectivity index (χ0n) is 18.3. The number of carbonyl (C=O) groups is 2. The largest absolute Gasteiger partial charge is 0.490 e. The lowest BCUT2D eigenvalue weighted by atomic mass is 10.1. The minimum Gasteiger partial charge on any atom is -0.478 e. The van der Waals surface area contributed by atoms with Crippen LogP contribution in [0.4, 0.5) is 24.7 Å². The fourth-order valence-corrected chi connectivity index (χ4v) is 2.79. The van der Waals surface area contributed by atoms with Crippen LogP contribution >= 0.6 is 0 Å². The summed E-state index contributed by atoms with van der Waals surface area (Å²) in [6.07, 6.45) is -1.70. The number of benzene rings is 2. The van der Waals surface area contributed by atoms with Crippen LogP contribution in [0.5, 0.6) is 11.6 Å². The van der Waals surface area contributed by atoms with Gasteiger partial charge in [-0.3, -0.25) is 0 Å². The number of halogens is 3. The SMILES string of the molecule is O=C(O)C(F)(F)F.O=C(O)c1ccc(-c2cccnc2Oc2ccc(Nc3ccccn3)cc2)cc1. The Balaban J connectivity index is 0.000000454. The molecule has 2 heterocycles. The highest BCUT2D eigenvalue weighted by Crippen LogP contribution is 2.32. The molecular weight excluding hydrogens is 479 g/mol. The fraction of sp³-hybridized carbons (Fsp3) is 0.0400. The maximum absolute atomic E-state index is 11.1. The number of carboxylic acids is 2. The molecule has 8 nitrogen and oxygen atoms in total. The number of aromatic nitrogens is 2. The average molecular weight is 497 g/mol. The number of anilines is 2. The van der Waals surface area contributed by atoms with Crippen molar-refractivity contribution in [2.45, 2.75) is 6.18 Å². The standard InChI is InChI=1S/C23H17N3O3.C2HF3O2/c27-23(28)17-8-6-16(7-9-17)20-4-3-15-25-22(20)29-19-12-10-18(11-13-19)26-21-5-1-2-14-24-21;3-2(4,5)1(6)7/h1-15H,(H,24,26)(H,27,28);(H,6,7). The van der Waals surface area contributed by atoms with Crippen molar-refractivity contribution in [2.75, 3.05) is 5.32 Å². The van der Waals surface area contributed by atoms with Gasteiger partial charge in [0.05, 0.1) is 5.56 Å². The van der Waals surface area contributed by atoms with Gasteiger partial charge in [-0.15, -0.1) is 0 Å². The second kappa shape index (κ2) is 11.5. The van der Waals surface area contributed by atoms with Gasteiger partial charge in [0.1, 0.15) is 11.6 Å². The predicted octanol–water partition coefficient (Wildman–Crippen LogP) is 6.01. The lowest BCUT2D eigenvalue weighted by molar-refractivity contribution is -0.192. The summed E-state index contributed by atoms with van der Waals surface area (Å²) in [6.45, 7) is 0. The molecule has 0 spiro atoms. The highest BCUT2D eigenvalue weighted by molar-refractivity contribution is 5.88. The molecule has 3 N–H and O–H groups in total. The molecule has 0 aliphatic carbocycles. The molecule has 0 aliphatic rings. The van der Waals surface area contributed by atoms with Gasteiger partial charge in [-0.25, -0.2) is 19.6 Å². The average Bonchev–Trinajstić information content (AvgIpc) is 2.86. The maximum Gasteiger partial charge on any atom is 0.490 e. The van der Waals surface area contributed by atoms with Crippen LogP contribution in [0, 0.1) is 0 Å². The maximum atomic E-state index is 11.1. The Morgan fingerprint density at radius 2 is 1.44 bits per heavy atom. The van der Waals surface area contributed by atoms with Crippen LogP contribution in [0.15, 0.2) is 91.3 Å². The van der Waals surface area contributed by atoms with Crippen molar-refractivity contribution in [3.8, 4) is 22.8 Å². The topological polar surface area (TPSA) is 122 Å². The number of alkyl halides is 3. The molecule has 2 aromatic heterocycles. The summed E-state index contributed by atoms with van der Waals surface area (Å²) in [6, 6.07) is 23.5. The van der Waals surface area contributed by atoms with Gasteiger partial charge in [0.2, 0.25) is 5.88 Å². The number of aliphatic carboxylic acids is 1. The molecule has 4 aromatic rings. The summed E-state index contributed by atoms with van der Waals surface area (Å²) < 4.78 is 37.7. The predicted molar refractivity (Wildman–Crippen MR) is 124 cm³/mol. The van der Waals surface area contributed by atoms with Crippen LogP contribution in [0.3, 0.4) is 0 Å². The van der Waals surface area contributed by atoms with Gasteiger partial charge >= 0.3 is 18.1 Å². The zero-order chi connectivity index (χ0) is 26.1. The van der Waals surface area contributed by atoms with Crippen LogP contribution in [0.1, 0.15) is 10.4 Å². The van der Waals surface area contributed by atoms with Crippen molar-refractivity contribution in [2.24, 2.45) is 0 Å². The normalized spacial score (nSPS) is 10.5. The minimum atomic E-state index is -5.08. The van der Waals surface area contributed by atoms with E-state index < -0.39 is 18.1 Å². The summed E-state index contributed by atoms with van der Waals surface area (Å²) in [5.41, 5.74) is 2.73. The Morgan fingerprint density at radius 1 is 0.806 bits per heavy atom. The quantitative estimate of drug-likeness (QED) is 0.296. The number of ether oxygens (including phenoxy) is 1. The first-order valence-electron chi connectivity index (χ1n) is 10.2. The van der Waals surface area contributed by atoms with Gasteiger partial charge in [0.25, 0.3) is 0 Å². The van der Waals surface area contributed by atoms with E-state index in [0.29, 0.717) is 11.6 Å². The van der Waals surface area contributed by atoms with E-state index in [0.717, 1.165) is 22.6 Å². The van der Waals surface area contributed by atoms with Gasteiger partial charge in [-0.05, 0) is 66.2 Å². The summed E-state index contributed by atoms with van der Waals surface area (Å²) in [7, 11) is 0. The molecule has 4 rings (SSSR count). The molecule has 36 heavy (non-hydrogen) atoms. The zero-order valence-corrected chi connectivity index (χ0v) is 18.3. The minimum absolute atomic E-state index is 0.233. The Morgan fingerprint density at radius 3 is 2.00 bits per heavy atom. The van der Waals surface area contributed by atoms with Crippen molar-refractivity contribution in [3.05, 3.63) is 96.8 Å². The molecule has 0 saturated heterocycles. The van der Waals surface area contributed by atoms with E-state index in [9.17, 15) is 18.0 Å². The fourth-order valence-electron chi connectivity index (χ4n) is 2.79. The molecule has 0 bridgehead atoms. The Labute approximate surface area is 202 Å². The van der Waals surface area contributed by atoms with Crippen molar-refractivity contribution < 1.29 is 37.7 Å². The Bertz CT molecular complexity index is 1310. The first-order chi connectivity index (χ1) is 17.1. The van der Waals surface area contributed by atoms with Crippen LogP contribution in [-0.4, -0.2) is 38.3 Å². The number of nitrogens with zero attached hydrogens (tertiary/aromatic N) is 2. The first-order valence-corrected chi connectivity index (χ1v) is 10.2. The molecule has 0 atom stereocenters. The van der Waals surface area contributed by atoms with Crippen LogP contribution < -0.4 is 10.1 Å². The van der Waals surface area contributed by atoms with Crippen molar-refractivity contribution >= 4 is 23.4 Å².